The maximum absolute atomic E-state index is 13.0. The van der Waals surface area contributed by atoms with E-state index in [4.69, 9.17) is 9.84 Å². The second-order valence-electron chi connectivity index (χ2n) is 9.76. The molecule has 4 aromatic rings. The molecule has 220 valence electrons. The molecule has 0 heterocycles. The zero-order chi connectivity index (χ0) is 30.8. The van der Waals surface area contributed by atoms with Crippen molar-refractivity contribution in [3.63, 3.8) is 0 Å². The SMILES string of the molecule is COc1cccc(C(CC(=O)NCc2ccc(NC(=O)Nc3ccccc3C)cc2)NC(=O)c2ccc(C(=O)O)cc2)c1. The van der Waals surface area contributed by atoms with Gasteiger partial charge in [-0.3, -0.25) is 9.59 Å². The third kappa shape index (κ3) is 8.67. The molecule has 0 bridgehead atoms. The second-order valence-corrected chi connectivity index (χ2v) is 9.76. The molecule has 0 aliphatic carbocycles. The first kappa shape index (κ1) is 30.3. The van der Waals surface area contributed by atoms with Gasteiger partial charge in [0.1, 0.15) is 5.75 Å². The number of carbonyl (C=O) groups excluding carboxylic acids is 3. The minimum atomic E-state index is -1.09. The quantitative estimate of drug-likeness (QED) is 0.158. The average molecular weight is 581 g/mol. The number of amides is 4. The van der Waals surface area contributed by atoms with Crippen molar-refractivity contribution in [1.82, 2.24) is 10.6 Å². The highest BCUT2D eigenvalue weighted by Crippen LogP contribution is 2.23. The summed E-state index contributed by atoms with van der Waals surface area (Å²) in [5, 5.41) is 20.5. The summed E-state index contributed by atoms with van der Waals surface area (Å²) < 4.78 is 5.31. The third-order valence-corrected chi connectivity index (χ3v) is 6.68. The van der Waals surface area contributed by atoms with Crippen molar-refractivity contribution in [3.8, 4) is 5.75 Å². The zero-order valence-electron chi connectivity index (χ0n) is 23.7. The molecule has 0 aromatic heterocycles. The molecule has 0 saturated carbocycles. The van der Waals surface area contributed by atoms with Gasteiger partial charge >= 0.3 is 12.0 Å². The van der Waals surface area contributed by atoms with Crippen LogP contribution in [-0.4, -0.2) is 36.0 Å². The molecule has 4 rings (SSSR count). The number of hydrogen-bond acceptors (Lipinski definition) is 5. The summed E-state index contributed by atoms with van der Waals surface area (Å²) in [6.45, 7) is 2.15. The largest absolute Gasteiger partial charge is 0.497 e. The fourth-order valence-electron chi connectivity index (χ4n) is 4.28. The van der Waals surface area contributed by atoms with E-state index in [1.165, 1.54) is 31.4 Å². The van der Waals surface area contributed by atoms with Gasteiger partial charge in [-0.15, -0.1) is 0 Å². The third-order valence-electron chi connectivity index (χ3n) is 6.68. The van der Waals surface area contributed by atoms with Crippen LogP contribution in [0.25, 0.3) is 0 Å². The van der Waals surface area contributed by atoms with Crippen LogP contribution in [-0.2, 0) is 11.3 Å². The molecule has 0 saturated heterocycles. The van der Waals surface area contributed by atoms with Crippen LogP contribution in [0, 0.1) is 6.92 Å². The van der Waals surface area contributed by atoms with Crippen LogP contribution in [0.5, 0.6) is 5.75 Å². The molecule has 1 unspecified atom stereocenters. The molecule has 0 fully saturated rings. The smallest absolute Gasteiger partial charge is 0.335 e. The first-order chi connectivity index (χ1) is 20.7. The summed E-state index contributed by atoms with van der Waals surface area (Å²) in [7, 11) is 1.53. The Bertz CT molecular complexity index is 1600. The number of anilines is 2. The maximum atomic E-state index is 13.0. The molecule has 4 amide bonds. The second kappa shape index (κ2) is 14.3. The molecule has 0 radical (unpaired) electrons. The predicted molar refractivity (Wildman–Crippen MR) is 163 cm³/mol. The number of carboxylic acids is 1. The minimum absolute atomic E-state index is 0.0508. The summed E-state index contributed by atoms with van der Waals surface area (Å²) >= 11 is 0. The lowest BCUT2D eigenvalue weighted by atomic mass is 10.0. The molecular formula is C33H32N4O6. The number of ether oxygens (including phenoxy) is 1. The van der Waals surface area contributed by atoms with Gasteiger partial charge in [-0.05, 0) is 78.2 Å². The molecule has 1 atom stereocenters. The van der Waals surface area contributed by atoms with E-state index in [-0.39, 0.29) is 36.0 Å². The summed E-state index contributed by atoms with van der Waals surface area (Å²) in [4.78, 5) is 49.5. The number of benzene rings is 4. The van der Waals surface area contributed by atoms with E-state index in [0.717, 1.165) is 16.8 Å². The van der Waals surface area contributed by atoms with Gasteiger partial charge in [-0.2, -0.15) is 0 Å². The fourth-order valence-corrected chi connectivity index (χ4v) is 4.28. The normalized spacial score (nSPS) is 11.1. The first-order valence-electron chi connectivity index (χ1n) is 13.5. The Morgan fingerprint density at radius 2 is 1.51 bits per heavy atom. The molecular weight excluding hydrogens is 548 g/mol. The Kier molecular flexibility index (Phi) is 10.1. The fraction of sp³-hybridized carbons (Fsp3) is 0.152. The number of carbonyl (C=O) groups is 4. The van der Waals surface area contributed by atoms with Crippen molar-refractivity contribution in [3.05, 3.63) is 125 Å². The summed E-state index contributed by atoms with van der Waals surface area (Å²) in [5.74, 6) is -1.27. The van der Waals surface area contributed by atoms with Crippen molar-refractivity contribution in [2.24, 2.45) is 0 Å². The number of hydrogen-bond donors (Lipinski definition) is 5. The Hall–Kier alpha value is -5.64. The van der Waals surface area contributed by atoms with E-state index in [1.54, 1.807) is 48.5 Å². The number of carboxylic acid groups (broad SMARTS) is 1. The van der Waals surface area contributed by atoms with Crippen LogP contribution >= 0.6 is 0 Å². The standard InChI is InChI=1S/C33H32N4O6/c1-21-6-3-4-9-28(21)37-33(42)35-26-16-10-22(11-17-26)20-34-30(38)19-29(25-7-5-8-27(18-25)43-2)36-31(39)23-12-14-24(15-13-23)32(40)41/h3-18,29H,19-20H2,1-2H3,(H,34,38)(H,36,39)(H,40,41)(H2,35,37,42). The topological polar surface area (TPSA) is 146 Å². The van der Waals surface area contributed by atoms with Crippen LogP contribution < -0.4 is 26.0 Å². The highest BCUT2D eigenvalue weighted by atomic mass is 16.5. The average Bonchev–Trinajstić information content (AvgIpc) is 3.01. The summed E-state index contributed by atoms with van der Waals surface area (Å²) in [6.07, 6.45) is -0.0508. The number of aromatic carboxylic acids is 1. The Balaban J connectivity index is 1.36. The van der Waals surface area contributed by atoms with E-state index >= 15 is 0 Å². The van der Waals surface area contributed by atoms with Gasteiger partial charge in [0.25, 0.3) is 5.91 Å². The summed E-state index contributed by atoms with van der Waals surface area (Å²) in [6, 6.07) is 26.1. The lowest BCUT2D eigenvalue weighted by Crippen LogP contribution is -2.33. The lowest BCUT2D eigenvalue weighted by molar-refractivity contribution is -0.121. The van der Waals surface area contributed by atoms with Crippen molar-refractivity contribution in [1.29, 1.82) is 0 Å². The number of aryl methyl sites for hydroxylation is 1. The van der Waals surface area contributed by atoms with Gasteiger partial charge in [0.2, 0.25) is 5.91 Å². The van der Waals surface area contributed by atoms with Gasteiger partial charge < -0.3 is 31.1 Å². The molecule has 0 spiro atoms. The van der Waals surface area contributed by atoms with Crippen molar-refractivity contribution in [2.75, 3.05) is 17.7 Å². The van der Waals surface area contributed by atoms with Crippen LogP contribution in [0.4, 0.5) is 16.2 Å². The van der Waals surface area contributed by atoms with Crippen molar-refractivity contribution < 1.29 is 29.0 Å². The molecule has 43 heavy (non-hydrogen) atoms. The van der Waals surface area contributed by atoms with E-state index in [2.05, 4.69) is 21.3 Å². The predicted octanol–water partition coefficient (Wildman–Crippen LogP) is 5.52. The number of methoxy groups -OCH3 is 1. The summed E-state index contributed by atoms with van der Waals surface area (Å²) in [5.41, 5.74) is 4.08. The molecule has 0 aliphatic rings. The number of rotatable bonds is 11. The van der Waals surface area contributed by atoms with Gasteiger partial charge in [-0.1, -0.05) is 42.5 Å². The highest BCUT2D eigenvalue weighted by molar-refractivity contribution is 6.00. The monoisotopic (exact) mass is 580 g/mol. The molecule has 0 aliphatic heterocycles. The van der Waals surface area contributed by atoms with E-state index in [1.807, 2.05) is 31.2 Å². The lowest BCUT2D eigenvalue weighted by Gasteiger charge is -2.20. The Labute approximate surface area is 249 Å². The maximum Gasteiger partial charge on any atom is 0.335 e. The zero-order valence-corrected chi connectivity index (χ0v) is 23.7. The van der Waals surface area contributed by atoms with Gasteiger partial charge in [0.05, 0.1) is 25.1 Å². The Morgan fingerprint density at radius 1 is 0.814 bits per heavy atom. The van der Waals surface area contributed by atoms with Crippen molar-refractivity contribution in [2.45, 2.75) is 25.9 Å². The van der Waals surface area contributed by atoms with Gasteiger partial charge in [0.15, 0.2) is 0 Å². The Morgan fingerprint density at radius 3 is 2.19 bits per heavy atom. The van der Waals surface area contributed by atoms with E-state index in [0.29, 0.717) is 17.0 Å². The molecule has 4 aromatic carbocycles. The minimum Gasteiger partial charge on any atom is -0.497 e. The van der Waals surface area contributed by atoms with E-state index < -0.39 is 17.9 Å². The molecule has 10 heteroatoms. The number of nitrogens with one attached hydrogen (secondary N) is 4. The van der Waals surface area contributed by atoms with Gasteiger partial charge in [-0.25, -0.2) is 9.59 Å². The van der Waals surface area contributed by atoms with Crippen LogP contribution in [0.3, 0.4) is 0 Å². The van der Waals surface area contributed by atoms with Crippen molar-refractivity contribution >= 4 is 35.2 Å². The molecule has 5 N–H and O–H groups in total. The first-order valence-corrected chi connectivity index (χ1v) is 13.5. The molecule has 10 nitrogen and oxygen atoms in total. The number of para-hydroxylation sites is 1. The number of urea groups is 1. The van der Waals surface area contributed by atoms with E-state index in [9.17, 15) is 19.2 Å². The van der Waals surface area contributed by atoms with Crippen LogP contribution in [0.2, 0.25) is 0 Å². The van der Waals surface area contributed by atoms with Crippen LogP contribution in [0.15, 0.2) is 97.1 Å². The van der Waals surface area contributed by atoms with Gasteiger partial charge in [0, 0.05) is 23.5 Å². The van der Waals surface area contributed by atoms with Crippen LogP contribution in [0.1, 0.15) is 49.9 Å². The highest BCUT2D eigenvalue weighted by Gasteiger charge is 2.20.